The Morgan fingerprint density at radius 1 is 1.50 bits per heavy atom. The van der Waals surface area contributed by atoms with Gasteiger partial charge in [-0.1, -0.05) is 13.3 Å². The Kier molecular flexibility index (Phi) is 4.56. The predicted molar refractivity (Wildman–Crippen MR) is 34.3 cm³/mol. The number of hydrogen-bond acceptors (Lipinski definition) is 2. The molecule has 0 aromatic carbocycles. The molecule has 0 saturated heterocycles. The predicted octanol–water partition coefficient (Wildman–Crippen LogP) is 1.19. The first kappa shape index (κ1) is 7.63. The summed E-state index contributed by atoms with van der Waals surface area (Å²) in [6, 6.07) is 0. The minimum atomic E-state index is 0.124. The Morgan fingerprint density at radius 3 is 2.50 bits per heavy atom. The highest BCUT2D eigenvalue weighted by atomic mass is 16.2. The van der Waals surface area contributed by atoms with Gasteiger partial charge in [0.05, 0.1) is 0 Å². The van der Waals surface area contributed by atoms with Gasteiger partial charge in [-0.05, 0) is 6.42 Å². The second-order valence-corrected chi connectivity index (χ2v) is 1.83. The van der Waals surface area contributed by atoms with Crippen LogP contribution in [0.25, 0.3) is 0 Å². The molecule has 2 heteroatoms. The van der Waals surface area contributed by atoms with Gasteiger partial charge in [-0.3, -0.25) is 0 Å². The molecule has 0 amide bonds. The highest BCUT2D eigenvalue weighted by Gasteiger charge is 1.90. The van der Waals surface area contributed by atoms with Crippen molar-refractivity contribution in [2.45, 2.75) is 26.2 Å². The van der Waals surface area contributed by atoms with Crippen molar-refractivity contribution in [2.24, 2.45) is 0 Å². The summed E-state index contributed by atoms with van der Waals surface area (Å²) in [5, 5.41) is 15.5. The van der Waals surface area contributed by atoms with E-state index in [9.17, 15) is 0 Å². The van der Waals surface area contributed by atoms with Crippen LogP contribution in [0, 0.1) is 5.41 Å². The summed E-state index contributed by atoms with van der Waals surface area (Å²) in [4.78, 5) is 0. The van der Waals surface area contributed by atoms with Gasteiger partial charge in [-0.25, -0.2) is 0 Å². The zero-order chi connectivity index (χ0) is 6.41. The van der Waals surface area contributed by atoms with E-state index in [1.54, 1.807) is 0 Å². The lowest BCUT2D eigenvalue weighted by Crippen LogP contribution is -1.97. The van der Waals surface area contributed by atoms with Crippen LogP contribution in [-0.2, 0) is 0 Å². The quantitative estimate of drug-likeness (QED) is 0.531. The molecule has 48 valence electrons. The van der Waals surface area contributed by atoms with E-state index in [2.05, 4.69) is 0 Å². The summed E-state index contributed by atoms with van der Waals surface area (Å²) >= 11 is 0. The van der Waals surface area contributed by atoms with E-state index in [4.69, 9.17) is 10.5 Å². The van der Waals surface area contributed by atoms with Crippen molar-refractivity contribution < 1.29 is 5.11 Å². The van der Waals surface area contributed by atoms with E-state index in [0.29, 0.717) is 12.1 Å². The Balaban J connectivity index is 3.06. The van der Waals surface area contributed by atoms with E-state index in [-0.39, 0.29) is 6.61 Å². The summed E-state index contributed by atoms with van der Waals surface area (Å²) in [6.45, 7) is 2.16. The van der Waals surface area contributed by atoms with E-state index in [1.165, 1.54) is 0 Å². The van der Waals surface area contributed by atoms with Crippen LogP contribution in [0.1, 0.15) is 26.2 Å². The van der Waals surface area contributed by atoms with Crippen molar-refractivity contribution in [3.63, 3.8) is 0 Å². The minimum Gasteiger partial charge on any atom is -0.396 e. The molecule has 0 aromatic heterocycles. The highest BCUT2D eigenvalue weighted by Crippen LogP contribution is 1.92. The summed E-state index contributed by atoms with van der Waals surface area (Å²) in [5.74, 6) is 0. The second-order valence-electron chi connectivity index (χ2n) is 1.83. The largest absolute Gasteiger partial charge is 0.396 e. The fourth-order valence-corrected chi connectivity index (χ4v) is 0.562. The molecule has 0 aliphatic heterocycles. The zero-order valence-electron chi connectivity index (χ0n) is 5.28. The lowest BCUT2D eigenvalue weighted by Gasteiger charge is -1.95. The van der Waals surface area contributed by atoms with E-state index in [0.717, 1.165) is 12.8 Å². The van der Waals surface area contributed by atoms with E-state index < -0.39 is 0 Å². The van der Waals surface area contributed by atoms with Gasteiger partial charge in [-0.2, -0.15) is 0 Å². The fourth-order valence-electron chi connectivity index (χ4n) is 0.562. The molecule has 0 fully saturated rings. The van der Waals surface area contributed by atoms with Gasteiger partial charge in [0, 0.05) is 18.7 Å². The molecule has 0 unspecified atom stereocenters. The van der Waals surface area contributed by atoms with Crippen LogP contribution in [-0.4, -0.2) is 17.4 Å². The first-order valence-electron chi connectivity index (χ1n) is 2.98. The van der Waals surface area contributed by atoms with Gasteiger partial charge < -0.3 is 10.5 Å². The first-order valence-corrected chi connectivity index (χ1v) is 2.98. The van der Waals surface area contributed by atoms with E-state index >= 15 is 0 Å². The minimum absolute atomic E-state index is 0.124. The molecule has 0 atom stereocenters. The van der Waals surface area contributed by atoms with Gasteiger partial charge in [0.15, 0.2) is 0 Å². The Labute approximate surface area is 50.0 Å². The maximum Gasteiger partial charge on any atom is 0.0483 e. The average molecular weight is 115 g/mol. The molecule has 0 aliphatic rings. The van der Waals surface area contributed by atoms with Crippen LogP contribution >= 0.6 is 0 Å². The van der Waals surface area contributed by atoms with Crippen LogP contribution in [0.3, 0.4) is 0 Å². The van der Waals surface area contributed by atoms with Crippen molar-refractivity contribution in [1.82, 2.24) is 0 Å². The molecular weight excluding hydrogens is 102 g/mol. The van der Waals surface area contributed by atoms with Gasteiger partial charge in [0.1, 0.15) is 0 Å². The smallest absolute Gasteiger partial charge is 0.0483 e. The third-order valence-electron chi connectivity index (χ3n) is 0.965. The van der Waals surface area contributed by atoms with Gasteiger partial charge in [0.2, 0.25) is 0 Å². The van der Waals surface area contributed by atoms with Crippen molar-refractivity contribution in [3.05, 3.63) is 0 Å². The monoisotopic (exact) mass is 115 g/mol. The maximum atomic E-state index is 8.32. The lowest BCUT2D eigenvalue weighted by atomic mass is 10.2. The molecule has 0 radical (unpaired) electrons. The average Bonchev–Trinajstić information content (AvgIpc) is 1.68. The molecule has 0 aromatic rings. The molecule has 0 bridgehead atoms. The van der Waals surface area contributed by atoms with Crippen molar-refractivity contribution >= 4 is 5.71 Å². The van der Waals surface area contributed by atoms with Gasteiger partial charge >= 0.3 is 0 Å². The molecule has 0 saturated carbocycles. The van der Waals surface area contributed by atoms with Crippen LogP contribution in [0.2, 0.25) is 0 Å². The number of hydrogen-bond donors (Lipinski definition) is 2. The second kappa shape index (κ2) is 4.78. The third kappa shape index (κ3) is 3.81. The summed E-state index contributed by atoms with van der Waals surface area (Å²) in [6.07, 6.45) is 2.40. The fraction of sp³-hybridized carbons (Fsp3) is 0.833. The van der Waals surface area contributed by atoms with Crippen LogP contribution in [0.4, 0.5) is 0 Å². The number of nitrogens with one attached hydrogen (secondary N) is 1. The molecule has 0 rings (SSSR count). The van der Waals surface area contributed by atoms with Crippen LogP contribution in [0.15, 0.2) is 0 Å². The lowest BCUT2D eigenvalue weighted by molar-refractivity contribution is 0.306. The summed E-state index contributed by atoms with van der Waals surface area (Å²) < 4.78 is 0. The Bertz CT molecular complexity index is 62.9. The number of rotatable bonds is 4. The van der Waals surface area contributed by atoms with Gasteiger partial charge in [0.25, 0.3) is 0 Å². The van der Waals surface area contributed by atoms with Crippen LogP contribution < -0.4 is 0 Å². The molecule has 0 aliphatic carbocycles. The Hall–Kier alpha value is -0.370. The molecule has 0 spiro atoms. The highest BCUT2D eigenvalue weighted by molar-refractivity contribution is 5.81. The molecule has 2 N–H and O–H groups in total. The first-order chi connectivity index (χ1) is 3.81. The molecular formula is C6H13NO. The number of aliphatic hydroxyl groups is 1. The topological polar surface area (TPSA) is 44.1 Å². The standard InChI is InChI=1S/C6H13NO/c1-2-3-6(7)4-5-8/h7-8H,2-5H2,1H3. The van der Waals surface area contributed by atoms with Crippen molar-refractivity contribution in [3.8, 4) is 0 Å². The van der Waals surface area contributed by atoms with E-state index in [1.807, 2.05) is 6.92 Å². The Morgan fingerprint density at radius 2 is 2.12 bits per heavy atom. The number of aliphatic hydroxyl groups excluding tert-OH is 1. The SMILES string of the molecule is CCCC(=N)CCO. The molecule has 0 heterocycles. The summed E-state index contributed by atoms with van der Waals surface area (Å²) in [5.41, 5.74) is 0.662. The molecule has 8 heavy (non-hydrogen) atoms. The summed E-state index contributed by atoms with van der Waals surface area (Å²) in [7, 11) is 0. The third-order valence-corrected chi connectivity index (χ3v) is 0.965. The van der Waals surface area contributed by atoms with Crippen molar-refractivity contribution in [1.29, 1.82) is 5.41 Å². The normalized spacial score (nSPS) is 9.25. The van der Waals surface area contributed by atoms with Gasteiger partial charge in [-0.15, -0.1) is 0 Å². The molecule has 2 nitrogen and oxygen atoms in total. The van der Waals surface area contributed by atoms with Crippen LogP contribution in [0.5, 0.6) is 0 Å². The maximum absolute atomic E-state index is 8.32. The van der Waals surface area contributed by atoms with Crippen molar-refractivity contribution in [2.75, 3.05) is 6.61 Å². The zero-order valence-corrected chi connectivity index (χ0v) is 5.28.